The first kappa shape index (κ1) is 23.3. The van der Waals surface area contributed by atoms with Crippen LogP contribution in [0.15, 0.2) is 48.5 Å². The van der Waals surface area contributed by atoms with Gasteiger partial charge in [-0.15, -0.1) is 0 Å². The Morgan fingerprint density at radius 1 is 0.973 bits per heavy atom. The Balaban J connectivity index is 1.54. The Morgan fingerprint density at radius 3 is 2.35 bits per heavy atom. The summed E-state index contributed by atoms with van der Waals surface area (Å²) in [4.78, 5) is 13.3. The number of esters is 1. The number of rotatable bonds is 6. The van der Waals surface area contributed by atoms with Crippen molar-refractivity contribution in [1.29, 1.82) is 0 Å². The van der Waals surface area contributed by atoms with Crippen LogP contribution in [0.3, 0.4) is 0 Å². The lowest BCUT2D eigenvalue weighted by Crippen LogP contribution is -2.37. The van der Waals surface area contributed by atoms with E-state index in [4.69, 9.17) is 23.7 Å². The molecule has 9 heteroatoms. The fraction of sp³-hybridized carbons (Fsp3) is 0.321. The third-order valence-electron chi connectivity index (χ3n) is 7.48. The Morgan fingerprint density at radius 2 is 1.68 bits per heavy atom. The van der Waals surface area contributed by atoms with Crippen molar-refractivity contribution in [2.24, 2.45) is 11.8 Å². The van der Waals surface area contributed by atoms with Gasteiger partial charge in [0.05, 0.1) is 39.4 Å². The van der Waals surface area contributed by atoms with E-state index in [9.17, 15) is 15.0 Å². The van der Waals surface area contributed by atoms with Crippen molar-refractivity contribution >= 4 is 11.7 Å². The summed E-state index contributed by atoms with van der Waals surface area (Å²) in [7, 11) is 2.94. The van der Waals surface area contributed by atoms with E-state index in [1.165, 1.54) is 14.2 Å². The topological polar surface area (TPSA) is 116 Å². The maximum absolute atomic E-state index is 13.3. The fourth-order valence-corrected chi connectivity index (χ4v) is 5.78. The highest BCUT2D eigenvalue weighted by Gasteiger charge is 2.52. The number of carbonyl (C=O) groups excluding carboxylic acids is 1. The molecule has 3 aliphatic rings. The molecule has 0 bridgehead atoms. The van der Waals surface area contributed by atoms with Crippen LogP contribution < -0.4 is 24.3 Å². The van der Waals surface area contributed by atoms with Crippen molar-refractivity contribution in [2.75, 3.05) is 32.9 Å². The van der Waals surface area contributed by atoms with Crippen LogP contribution in [0.4, 0.5) is 5.69 Å². The largest absolute Gasteiger partial charge is 0.502 e. The fourth-order valence-electron chi connectivity index (χ4n) is 5.78. The predicted molar refractivity (Wildman–Crippen MR) is 132 cm³/mol. The van der Waals surface area contributed by atoms with E-state index in [0.29, 0.717) is 11.5 Å². The number of ether oxygens (including phenoxy) is 5. The van der Waals surface area contributed by atoms with Crippen molar-refractivity contribution in [3.05, 3.63) is 70.8 Å². The van der Waals surface area contributed by atoms with Crippen LogP contribution in [-0.4, -0.2) is 43.8 Å². The van der Waals surface area contributed by atoms with E-state index in [1.807, 2.05) is 36.4 Å². The number of aliphatic hydroxyl groups excluding tert-OH is 1. The molecule has 9 nitrogen and oxygen atoms in total. The van der Waals surface area contributed by atoms with E-state index >= 15 is 0 Å². The molecular weight excluding hydrogens is 478 g/mol. The first-order chi connectivity index (χ1) is 18.0. The zero-order valence-corrected chi connectivity index (χ0v) is 20.4. The second-order valence-electron chi connectivity index (χ2n) is 9.39. The maximum Gasteiger partial charge on any atom is 0.310 e. The molecular formula is C28H27NO8. The van der Waals surface area contributed by atoms with Crippen LogP contribution in [0, 0.1) is 11.8 Å². The van der Waals surface area contributed by atoms with Gasteiger partial charge in [-0.05, 0) is 58.7 Å². The third-order valence-corrected chi connectivity index (χ3v) is 7.48. The monoisotopic (exact) mass is 505 g/mol. The zero-order chi connectivity index (χ0) is 25.7. The number of benzene rings is 3. The number of aliphatic hydroxyl groups is 1. The molecule has 4 atom stereocenters. The van der Waals surface area contributed by atoms with Crippen LogP contribution in [-0.2, 0) is 16.1 Å². The first-order valence-electron chi connectivity index (χ1n) is 12.0. The summed E-state index contributed by atoms with van der Waals surface area (Å²) < 4.78 is 27.9. The first-order valence-corrected chi connectivity index (χ1v) is 12.0. The number of methoxy groups -OCH3 is 2. The molecule has 1 unspecified atom stereocenters. The molecule has 0 saturated carbocycles. The van der Waals surface area contributed by atoms with Gasteiger partial charge >= 0.3 is 5.97 Å². The highest BCUT2D eigenvalue weighted by Crippen LogP contribution is 2.56. The van der Waals surface area contributed by atoms with Crippen molar-refractivity contribution in [3.63, 3.8) is 0 Å². The quantitative estimate of drug-likeness (QED) is 0.431. The normalized spacial score (nSPS) is 23.2. The number of cyclic esters (lactones) is 1. The summed E-state index contributed by atoms with van der Waals surface area (Å²) in [6.45, 7) is 0.294. The number of phenolic OH excluding ortho intramolecular Hbond substituents is 1. The molecule has 1 aliphatic carbocycles. The smallest absolute Gasteiger partial charge is 0.310 e. The molecule has 3 aromatic rings. The van der Waals surface area contributed by atoms with Crippen molar-refractivity contribution in [3.8, 4) is 28.7 Å². The minimum absolute atomic E-state index is 0.0737. The zero-order valence-electron chi connectivity index (χ0n) is 20.4. The molecule has 2 aliphatic heterocycles. The third kappa shape index (κ3) is 3.77. The number of fused-ring (bicyclic) bond motifs is 3. The predicted octanol–water partition coefficient (Wildman–Crippen LogP) is 3.72. The van der Waals surface area contributed by atoms with Gasteiger partial charge in [0.15, 0.2) is 23.0 Å². The molecule has 3 aromatic carbocycles. The number of phenols is 1. The van der Waals surface area contributed by atoms with Gasteiger partial charge in [0, 0.05) is 17.5 Å². The van der Waals surface area contributed by atoms with Crippen LogP contribution in [0.2, 0.25) is 0 Å². The van der Waals surface area contributed by atoms with Gasteiger partial charge in [0.2, 0.25) is 12.5 Å². The van der Waals surface area contributed by atoms with Gasteiger partial charge in [0.25, 0.3) is 0 Å². The summed E-state index contributed by atoms with van der Waals surface area (Å²) in [6, 6.07) is 14.6. The van der Waals surface area contributed by atoms with Crippen molar-refractivity contribution in [1.82, 2.24) is 0 Å². The van der Waals surface area contributed by atoms with Gasteiger partial charge in [-0.2, -0.15) is 0 Å². The van der Waals surface area contributed by atoms with E-state index in [0.717, 1.165) is 27.9 Å². The Hall–Kier alpha value is -4.11. The molecule has 0 aromatic heterocycles. The molecule has 6 rings (SSSR count). The van der Waals surface area contributed by atoms with E-state index < -0.39 is 11.8 Å². The standard InChI is InChI=1S/C28H27NO8/c1-33-22-7-15(8-23(34-2)27(22)31)24-17-9-20-21(37-13-36-20)10-18(17)26(19-12-35-28(32)25(19)24)29-16-5-3-4-14(6-16)11-30/h3-10,19,24-26,29-31H,11-13H2,1-2H3/t19?,24-,25-,26+/m0/s1. The molecule has 0 spiro atoms. The number of anilines is 1. The number of hydrogen-bond donors (Lipinski definition) is 3. The van der Waals surface area contributed by atoms with Crippen LogP contribution >= 0.6 is 0 Å². The summed E-state index contributed by atoms with van der Waals surface area (Å²) in [5, 5.41) is 23.7. The van der Waals surface area contributed by atoms with Crippen LogP contribution in [0.5, 0.6) is 28.7 Å². The molecule has 1 fully saturated rings. The van der Waals surface area contributed by atoms with Crippen LogP contribution in [0.1, 0.15) is 34.2 Å². The van der Waals surface area contributed by atoms with Gasteiger partial charge < -0.3 is 39.2 Å². The van der Waals surface area contributed by atoms with Crippen molar-refractivity contribution < 1.29 is 38.7 Å². The highest BCUT2D eigenvalue weighted by molar-refractivity contribution is 5.79. The number of carbonyl (C=O) groups is 1. The minimum Gasteiger partial charge on any atom is -0.502 e. The highest BCUT2D eigenvalue weighted by atomic mass is 16.7. The second kappa shape index (κ2) is 9.08. The average molecular weight is 506 g/mol. The SMILES string of the molecule is COc1cc([C@H]2c3cc4c(cc3[C@@H](Nc3cccc(CO)c3)C3COC(=O)[C@@H]32)OCO4)cc(OC)c1O. The van der Waals surface area contributed by atoms with E-state index in [-0.39, 0.29) is 55.2 Å². The van der Waals surface area contributed by atoms with Gasteiger partial charge in [-0.1, -0.05) is 12.1 Å². The Bertz CT molecular complexity index is 1350. The number of aromatic hydroxyl groups is 1. The molecule has 0 amide bonds. The summed E-state index contributed by atoms with van der Waals surface area (Å²) >= 11 is 0. The van der Waals surface area contributed by atoms with Gasteiger partial charge in [0.1, 0.15) is 0 Å². The van der Waals surface area contributed by atoms with Crippen LogP contribution in [0.25, 0.3) is 0 Å². The number of hydrogen-bond acceptors (Lipinski definition) is 9. The molecule has 0 radical (unpaired) electrons. The summed E-state index contributed by atoms with van der Waals surface area (Å²) in [5.74, 6) is 0.227. The molecule has 37 heavy (non-hydrogen) atoms. The lowest BCUT2D eigenvalue weighted by Gasteiger charge is -2.40. The van der Waals surface area contributed by atoms with Crippen molar-refractivity contribution in [2.45, 2.75) is 18.6 Å². The Kier molecular flexibility index (Phi) is 5.72. The minimum atomic E-state index is -0.509. The lowest BCUT2D eigenvalue weighted by molar-refractivity contribution is -0.141. The maximum atomic E-state index is 13.3. The molecule has 3 N–H and O–H groups in total. The van der Waals surface area contributed by atoms with E-state index in [2.05, 4.69) is 5.32 Å². The molecule has 192 valence electrons. The Labute approximate surface area is 213 Å². The number of nitrogens with one attached hydrogen (secondary N) is 1. The molecule has 1 saturated heterocycles. The lowest BCUT2D eigenvalue weighted by atomic mass is 9.65. The summed E-state index contributed by atoms with van der Waals surface area (Å²) in [6.07, 6.45) is 0. The summed E-state index contributed by atoms with van der Waals surface area (Å²) in [5.41, 5.74) is 4.19. The molecule has 2 heterocycles. The van der Waals surface area contributed by atoms with E-state index in [1.54, 1.807) is 12.1 Å². The van der Waals surface area contributed by atoms with Gasteiger partial charge in [-0.25, -0.2) is 0 Å². The average Bonchev–Trinajstić information content (AvgIpc) is 3.54. The van der Waals surface area contributed by atoms with Gasteiger partial charge in [-0.3, -0.25) is 4.79 Å². The second-order valence-corrected chi connectivity index (χ2v) is 9.39.